The maximum Gasteiger partial charge on any atom is 0.154 e. The number of hydrogen-bond acceptors (Lipinski definition) is 6. The summed E-state index contributed by atoms with van der Waals surface area (Å²) in [6, 6.07) is 5.60. The highest BCUT2D eigenvalue weighted by Crippen LogP contribution is 2.36. The lowest BCUT2D eigenvalue weighted by Crippen LogP contribution is -2.37. The fourth-order valence-electron chi connectivity index (χ4n) is 3.91. The summed E-state index contributed by atoms with van der Waals surface area (Å²) in [4.78, 5) is 0. The number of benzene rings is 1. The Hall–Kier alpha value is -2.18. The number of fused-ring (bicyclic) bond motifs is 1. The highest BCUT2D eigenvalue weighted by Gasteiger charge is 2.27. The summed E-state index contributed by atoms with van der Waals surface area (Å²) in [7, 11) is 0. The van der Waals surface area contributed by atoms with Crippen LogP contribution in [-0.2, 0) is 17.8 Å². The molecule has 1 fully saturated rings. The molecule has 2 aliphatic rings. The van der Waals surface area contributed by atoms with Crippen molar-refractivity contribution in [3.63, 3.8) is 0 Å². The predicted molar refractivity (Wildman–Crippen MR) is 99.1 cm³/mol. The summed E-state index contributed by atoms with van der Waals surface area (Å²) in [6.45, 7) is 3.04. The first-order valence-corrected chi connectivity index (χ1v) is 9.34. The zero-order valence-corrected chi connectivity index (χ0v) is 15.0. The van der Waals surface area contributed by atoms with Gasteiger partial charge in [0.25, 0.3) is 0 Å². The van der Waals surface area contributed by atoms with Crippen LogP contribution in [0.15, 0.2) is 18.2 Å². The van der Waals surface area contributed by atoms with Crippen LogP contribution in [0.4, 0.5) is 5.82 Å². The average Bonchev–Trinajstić information content (AvgIpc) is 2.64. The van der Waals surface area contributed by atoms with Gasteiger partial charge >= 0.3 is 0 Å². The van der Waals surface area contributed by atoms with Gasteiger partial charge in [-0.05, 0) is 49.4 Å². The third kappa shape index (κ3) is 3.27. The maximum atomic E-state index is 10.4. The smallest absolute Gasteiger partial charge is 0.154 e. The molecule has 0 amide bonds. The number of anilines is 1. The number of ether oxygens (including phenoxy) is 1. The van der Waals surface area contributed by atoms with E-state index in [4.69, 9.17) is 4.74 Å². The van der Waals surface area contributed by atoms with Crippen molar-refractivity contribution in [3.05, 3.63) is 34.9 Å². The van der Waals surface area contributed by atoms with Gasteiger partial charge in [0.05, 0.1) is 25.4 Å². The highest BCUT2D eigenvalue weighted by atomic mass is 16.5. The van der Waals surface area contributed by atoms with Crippen molar-refractivity contribution in [2.24, 2.45) is 0 Å². The van der Waals surface area contributed by atoms with Crippen LogP contribution in [0.3, 0.4) is 0 Å². The van der Waals surface area contributed by atoms with E-state index >= 15 is 0 Å². The van der Waals surface area contributed by atoms with Gasteiger partial charge in [-0.2, -0.15) is 0 Å². The van der Waals surface area contributed by atoms with E-state index in [1.807, 2.05) is 19.1 Å². The minimum atomic E-state index is -0.355. The largest absolute Gasteiger partial charge is 0.507 e. The topological polar surface area (TPSA) is 87.5 Å². The van der Waals surface area contributed by atoms with Crippen molar-refractivity contribution in [3.8, 4) is 17.0 Å². The summed E-state index contributed by atoms with van der Waals surface area (Å²) in [5.74, 6) is 0.914. The Morgan fingerprint density at radius 3 is 2.81 bits per heavy atom. The number of nitrogens with one attached hydrogen (secondary N) is 1. The number of hydrogen-bond donors (Lipinski definition) is 3. The Bertz CT molecular complexity index is 809. The third-order valence-electron chi connectivity index (χ3n) is 5.39. The van der Waals surface area contributed by atoms with E-state index in [0.29, 0.717) is 24.6 Å². The molecule has 0 bridgehead atoms. The number of nitrogens with zero attached hydrogens (tertiary/aromatic N) is 2. The number of phenols is 1. The molecule has 0 unspecified atom stereocenters. The molecule has 2 heterocycles. The van der Waals surface area contributed by atoms with E-state index in [2.05, 4.69) is 15.5 Å². The van der Waals surface area contributed by atoms with Crippen molar-refractivity contribution in [1.82, 2.24) is 10.2 Å². The summed E-state index contributed by atoms with van der Waals surface area (Å²) < 4.78 is 5.66. The van der Waals surface area contributed by atoms with Crippen molar-refractivity contribution in [1.29, 1.82) is 0 Å². The first-order chi connectivity index (χ1) is 12.6. The lowest BCUT2D eigenvalue weighted by Gasteiger charge is -2.30. The van der Waals surface area contributed by atoms with Crippen LogP contribution in [0.2, 0.25) is 0 Å². The molecule has 1 aliphatic carbocycles. The zero-order chi connectivity index (χ0) is 18.1. The van der Waals surface area contributed by atoms with Crippen LogP contribution >= 0.6 is 0 Å². The second-order valence-corrected chi connectivity index (χ2v) is 7.28. The third-order valence-corrected chi connectivity index (χ3v) is 5.39. The number of aromatic nitrogens is 2. The van der Waals surface area contributed by atoms with E-state index in [1.165, 1.54) is 0 Å². The normalized spacial score (nSPS) is 22.7. The van der Waals surface area contributed by atoms with Crippen LogP contribution in [0.5, 0.6) is 5.75 Å². The second-order valence-electron chi connectivity index (χ2n) is 7.28. The molecule has 2 atom stereocenters. The fourth-order valence-corrected chi connectivity index (χ4v) is 3.91. The van der Waals surface area contributed by atoms with Crippen molar-refractivity contribution in [2.75, 3.05) is 11.9 Å². The Labute approximate surface area is 153 Å². The predicted octanol–water partition coefficient (Wildman–Crippen LogP) is 2.95. The molecule has 0 spiro atoms. The van der Waals surface area contributed by atoms with Crippen LogP contribution in [0, 0.1) is 6.92 Å². The van der Waals surface area contributed by atoms with Crippen molar-refractivity contribution in [2.45, 2.75) is 57.8 Å². The minimum absolute atomic E-state index is 0.00250. The van der Waals surface area contributed by atoms with Gasteiger partial charge in [-0.15, -0.1) is 10.2 Å². The summed E-state index contributed by atoms with van der Waals surface area (Å²) in [5.41, 5.74) is 4.47. The first-order valence-electron chi connectivity index (χ1n) is 9.34. The monoisotopic (exact) mass is 355 g/mol. The Morgan fingerprint density at radius 2 is 2.00 bits per heavy atom. The van der Waals surface area contributed by atoms with Gasteiger partial charge in [0.15, 0.2) is 5.82 Å². The number of aliphatic hydroxyl groups excluding tert-OH is 1. The zero-order valence-electron chi connectivity index (χ0n) is 15.0. The Balaban J connectivity index is 1.72. The SMILES string of the molecule is Cc1ccc(-c2nnc(N[C@@H]3CCCC[C@H]3O)c3c2CCOC3)c(O)c1. The standard InChI is InChI=1S/C20H25N3O3/c1-12-6-7-14(18(25)10-12)19-13-8-9-26-11-15(13)20(23-22-19)21-16-4-2-3-5-17(16)24/h6-7,10,16-17,24-25H,2-5,8-9,11H2,1H3,(H,21,23)/t16-,17-/m1/s1. The molecule has 1 aromatic carbocycles. The molecule has 6 nitrogen and oxygen atoms in total. The number of phenolic OH excluding ortho intramolecular Hbond substituents is 1. The number of aryl methyl sites for hydroxylation is 1. The molecule has 1 aromatic heterocycles. The molecular formula is C20H25N3O3. The van der Waals surface area contributed by atoms with E-state index in [0.717, 1.165) is 54.5 Å². The minimum Gasteiger partial charge on any atom is -0.507 e. The summed E-state index contributed by atoms with van der Waals surface area (Å²) in [5, 5.41) is 32.8. The van der Waals surface area contributed by atoms with Crippen LogP contribution in [0.25, 0.3) is 11.3 Å². The molecule has 0 saturated heterocycles. The molecular weight excluding hydrogens is 330 g/mol. The van der Waals surface area contributed by atoms with E-state index in [9.17, 15) is 10.2 Å². The molecule has 26 heavy (non-hydrogen) atoms. The van der Waals surface area contributed by atoms with E-state index in [1.54, 1.807) is 6.07 Å². The lowest BCUT2D eigenvalue weighted by molar-refractivity contribution is 0.108. The van der Waals surface area contributed by atoms with Gasteiger partial charge in [0.1, 0.15) is 11.4 Å². The molecule has 0 radical (unpaired) electrons. The van der Waals surface area contributed by atoms with Crippen molar-refractivity contribution >= 4 is 5.82 Å². The molecule has 4 rings (SSSR count). The van der Waals surface area contributed by atoms with Crippen LogP contribution < -0.4 is 5.32 Å². The number of aromatic hydroxyl groups is 1. The molecule has 138 valence electrons. The van der Waals surface area contributed by atoms with E-state index in [-0.39, 0.29) is 17.9 Å². The molecule has 6 heteroatoms. The quantitative estimate of drug-likeness (QED) is 0.785. The van der Waals surface area contributed by atoms with Crippen LogP contribution in [0.1, 0.15) is 42.4 Å². The van der Waals surface area contributed by atoms with Gasteiger partial charge in [-0.25, -0.2) is 0 Å². The molecule has 1 saturated carbocycles. The molecule has 3 N–H and O–H groups in total. The van der Waals surface area contributed by atoms with Gasteiger partial charge in [-0.1, -0.05) is 18.9 Å². The van der Waals surface area contributed by atoms with E-state index < -0.39 is 0 Å². The van der Waals surface area contributed by atoms with Crippen LogP contribution in [-0.4, -0.2) is 39.2 Å². The Morgan fingerprint density at radius 1 is 1.15 bits per heavy atom. The molecule has 1 aliphatic heterocycles. The lowest BCUT2D eigenvalue weighted by atomic mass is 9.92. The van der Waals surface area contributed by atoms with Gasteiger partial charge in [0, 0.05) is 11.1 Å². The average molecular weight is 355 g/mol. The van der Waals surface area contributed by atoms with Gasteiger partial charge in [-0.3, -0.25) is 0 Å². The Kier molecular flexibility index (Phi) is 4.78. The maximum absolute atomic E-state index is 10.4. The molecule has 2 aromatic rings. The number of aliphatic hydroxyl groups is 1. The fraction of sp³-hybridized carbons (Fsp3) is 0.500. The van der Waals surface area contributed by atoms with Gasteiger partial charge in [0.2, 0.25) is 0 Å². The van der Waals surface area contributed by atoms with Crippen molar-refractivity contribution < 1.29 is 14.9 Å². The summed E-state index contributed by atoms with van der Waals surface area (Å²) in [6.07, 6.45) is 4.30. The van der Waals surface area contributed by atoms with Gasteiger partial charge < -0.3 is 20.3 Å². The first kappa shape index (κ1) is 17.2. The second kappa shape index (κ2) is 7.21. The summed E-state index contributed by atoms with van der Waals surface area (Å²) >= 11 is 0. The number of rotatable bonds is 3. The highest BCUT2D eigenvalue weighted by molar-refractivity contribution is 5.72.